The first-order valence-corrected chi connectivity index (χ1v) is 6.42. The standard InChI is InChI=1S/C13H23NO4/c1-12(2,3)15-7-9-6-10(18-14-9)11-8-16-13(4,5)17-11/h10-11H,6-8H2,1-5H3/t10-,11+/m0/s1. The Hall–Kier alpha value is -0.650. The molecule has 2 aliphatic rings. The van der Waals surface area contributed by atoms with Crippen molar-refractivity contribution in [2.24, 2.45) is 5.16 Å². The topological polar surface area (TPSA) is 49.3 Å². The van der Waals surface area contributed by atoms with Crippen molar-refractivity contribution in [3.63, 3.8) is 0 Å². The van der Waals surface area contributed by atoms with E-state index in [0.717, 1.165) is 12.1 Å². The highest BCUT2D eigenvalue weighted by Gasteiger charge is 2.41. The molecule has 0 bridgehead atoms. The van der Waals surface area contributed by atoms with Gasteiger partial charge in [-0.3, -0.25) is 0 Å². The molecule has 5 heteroatoms. The van der Waals surface area contributed by atoms with E-state index in [1.165, 1.54) is 0 Å². The maximum Gasteiger partial charge on any atom is 0.163 e. The Morgan fingerprint density at radius 3 is 2.61 bits per heavy atom. The summed E-state index contributed by atoms with van der Waals surface area (Å²) >= 11 is 0. The number of hydrogen-bond donors (Lipinski definition) is 0. The Morgan fingerprint density at radius 1 is 1.33 bits per heavy atom. The van der Waals surface area contributed by atoms with E-state index in [1.807, 2.05) is 34.6 Å². The minimum atomic E-state index is -0.515. The lowest BCUT2D eigenvalue weighted by molar-refractivity contribution is -0.153. The number of rotatable bonds is 3. The van der Waals surface area contributed by atoms with Crippen LogP contribution in [0.4, 0.5) is 0 Å². The van der Waals surface area contributed by atoms with Gasteiger partial charge in [0.15, 0.2) is 11.9 Å². The van der Waals surface area contributed by atoms with Crippen LogP contribution in [-0.2, 0) is 19.0 Å². The van der Waals surface area contributed by atoms with Gasteiger partial charge in [-0.05, 0) is 34.6 Å². The molecular formula is C13H23NO4. The molecular weight excluding hydrogens is 234 g/mol. The van der Waals surface area contributed by atoms with Crippen LogP contribution in [0.25, 0.3) is 0 Å². The van der Waals surface area contributed by atoms with E-state index in [2.05, 4.69) is 5.16 Å². The lowest BCUT2D eigenvalue weighted by Gasteiger charge is -2.20. The Balaban J connectivity index is 1.78. The molecule has 0 unspecified atom stereocenters. The zero-order valence-electron chi connectivity index (χ0n) is 11.9. The largest absolute Gasteiger partial charge is 0.389 e. The Labute approximate surface area is 108 Å². The third-order valence-electron chi connectivity index (χ3n) is 2.87. The van der Waals surface area contributed by atoms with Crippen molar-refractivity contribution in [1.82, 2.24) is 0 Å². The first-order chi connectivity index (χ1) is 8.25. The molecule has 1 fully saturated rings. The highest BCUT2D eigenvalue weighted by molar-refractivity contribution is 5.86. The van der Waals surface area contributed by atoms with Gasteiger partial charge in [-0.2, -0.15) is 0 Å². The fraction of sp³-hybridized carbons (Fsp3) is 0.923. The monoisotopic (exact) mass is 257 g/mol. The molecule has 2 rings (SSSR count). The first-order valence-electron chi connectivity index (χ1n) is 6.42. The van der Waals surface area contributed by atoms with E-state index >= 15 is 0 Å². The molecule has 0 radical (unpaired) electrons. The molecule has 0 aliphatic carbocycles. The summed E-state index contributed by atoms with van der Waals surface area (Å²) in [5, 5.41) is 4.07. The van der Waals surface area contributed by atoms with Crippen molar-refractivity contribution in [3.05, 3.63) is 0 Å². The van der Waals surface area contributed by atoms with Gasteiger partial charge in [-0.15, -0.1) is 0 Å². The van der Waals surface area contributed by atoms with Gasteiger partial charge in [0.2, 0.25) is 0 Å². The molecule has 5 nitrogen and oxygen atoms in total. The third-order valence-corrected chi connectivity index (χ3v) is 2.87. The molecule has 0 aromatic rings. The molecule has 0 N–H and O–H groups in total. The summed E-state index contributed by atoms with van der Waals surface area (Å²) in [6.45, 7) is 11.0. The summed E-state index contributed by atoms with van der Waals surface area (Å²) in [7, 11) is 0. The summed E-state index contributed by atoms with van der Waals surface area (Å²) < 4.78 is 17.0. The van der Waals surface area contributed by atoms with Crippen LogP contribution in [0.2, 0.25) is 0 Å². The van der Waals surface area contributed by atoms with E-state index in [4.69, 9.17) is 19.0 Å². The predicted molar refractivity (Wildman–Crippen MR) is 67.5 cm³/mol. The Morgan fingerprint density at radius 2 is 2.06 bits per heavy atom. The van der Waals surface area contributed by atoms with Gasteiger partial charge in [0, 0.05) is 6.42 Å². The molecule has 0 aromatic heterocycles. The van der Waals surface area contributed by atoms with Crippen molar-refractivity contribution in [2.75, 3.05) is 13.2 Å². The molecule has 0 spiro atoms. The SMILES string of the molecule is CC(C)(C)OCC1=NO[C@H]([C@H]2COC(C)(C)O2)C1. The zero-order valence-corrected chi connectivity index (χ0v) is 11.9. The number of oxime groups is 1. The van der Waals surface area contributed by atoms with Gasteiger partial charge < -0.3 is 19.0 Å². The third kappa shape index (κ3) is 3.67. The first kappa shape index (κ1) is 13.8. The molecule has 0 amide bonds. The van der Waals surface area contributed by atoms with E-state index < -0.39 is 5.79 Å². The number of nitrogens with zero attached hydrogens (tertiary/aromatic N) is 1. The second kappa shape index (κ2) is 4.79. The molecule has 2 atom stereocenters. The van der Waals surface area contributed by atoms with Crippen molar-refractivity contribution < 1.29 is 19.0 Å². The van der Waals surface area contributed by atoms with Crippen LogP contribution in [0.3, 0.4) is 0 Å². The number of ether oxygens (including phenoxy) is 3. The molecule has 104 valence electrons. The summed E-state index contributed by atoms with van der Waals surface area (Å²) in [4.78, 5) is 5.41. The maximum atomic E-state index is 5.77. The number of hydrogen-bond acceptors (Lipinski definition) is 5. The van der Waals surface area contributed by atoms with Gasteiger partial charge in [0.1, 0.15) is 6.10 Å². The second-order valence-electron chi connectivity index (χ2n) is 6.27. The van der Waals surface area contributed by atoms with Crippen LogP contribution in [0.1, 0.15) is 41.0 Å². The molecule has 2 aliphatic heterocycles. The quantitative estimate of drug-likeness (QED) is 0.777. The van der Waals surface area contributed by atoms with Crippen molar-refractivity contribution >= 4 is 5.71 Å². The highest BCUT2D eigenvalue weighted by atomic mass is 16.8. The fourth-order valence-electron chi connectivity index (χ4n) is 1.93. The summed E-state index contributed by atoms with van der Waals surface area (Å²) in [5.41, 5.74) is 0.776. The van der Waals surface area contributed by atoms with Crippen LogP contribution >= 0.6 is 0 Å². The summed E-state index contributed by atoms with van der Waals surface area (Å²) in [5.74, 6) is -0.515. The zero-order chi connectivity index (χ0) is 13.4. The normalized spacial score (nSPS) is 31.3. The average molecular weight is 257 g/mol. The van der Waals surface area contributed by atoms with Crippen LogP contribution in [0, 0.1) is 0 Å². The Bertz CT molecular complexity index is 332. The van der Waals surface area contributed by atoms with Crippen molar-refractivity contribution in [3.8, 4) is 0 Å². The molecule has 0 saturated carbocycles. The van der Waals surface area contributed by atoms with E-state index in [-0.39, 0.29) is 17.8 Å². The second-order valence-corrected chi connectivity index (χ2v) is 6.27. The molecule has 1 saturated heterocycles. The van der Waals surface area contributed by atoms with E-state index in [1.54, 1.807) is 0 Å². The Kier molecular flexibility index (Phi) is 3.67. The lowest BCUT2D eigenvalue weighted by atomic mass is 10.1. The highest BCUT2D eigenvalue weighted by Crippen LogP contribution is 2.28. The van der Waals surface area contributed by atoms with Crippen LogP contribution < -0.4 is 0 Å². The van der Waals surface area contributed by atoms with Crippen LogP contribution in [-0.4, -0.2) is 42.5 Å². The van der Waals surface area contributed by atoms with Crippen LogP contribution in [0.15, 0.2) is 5.16 Å². The fourth-order valence-corrected chi connectivity index (χ4v) is 1.93. The smallest absolute Gasteiger partial charge is 0.163 e. The molecule has 0 aromatic carbocycles. The predicted octanol–water partition coefficient (Wildman–Crippen LogP) is 2.10. The minimum Gasteiger partial charge on any atom is -0.389 e. The summed E-state index contributed by atoms with van der Waals surface area (Å²) in [6, 6.07) is 0. The minimum absolute atomic E-state index is 0.0455. The van der Waals surface area contributed by atoms with Gasteiger partial charge in [0.05, 0.1) is 24.5 Å². The van der Waals surface area contributed by atoms with E-state index in [0.29, 0.717) is 13.2 Å². The summed E-state index contributed by atoms with van der Waals surface area (Å²) in [6.07, 6.45) is 0.654. The van der Waals surface area contributed by atoms with E-state index in [9.17, 15) is 0 Å². The molecule has 2 heterocycles. The lowest BCUT2D eigenvalue weighted by Crippen LogP contribution is -2.31. The van der Waals surface area contributed by atoms with Gasteiger partial charge >= 0.3 is 0 Å². The van der Waals surface area contributed by atoms with Gasteiger partial charge in [-0.25, -0.2) is 0 Å². The van der Waals surface area contributed by atoms with Crippen molar-refractivity contribution in [2.45, 2.75) is 64.6 Å². The van der Waals surface area contributed by atoms with Gasteiger partial charge in [0.25, 0.3) is 0 Å². The van der Waals surface area contributed by atoms with Crippen LogP contribution in [0.5, 0.6) is 0 Å². The van der Waals surface area contributed by atoms with Gasteiger partial charge in [-0.1, -0.05) is 5.16 Å². The average Bonchev–Trinajstić information content (AvgIpc) is 2.80. The van der Waals surface area contributed by atoms with Crippen molar-refractivity contribution in [1.29, 1.82) is 0 Å². The molecule has 18 heavy (non-hydrogen) atoms. The maximum absolute atomic E-state index is 5.77.